The van der Waals surface area contributed by atoms with E-state index in [4.69, 9.17) is 4.43 Å². The fourth-order valence-electron chi connectivity index (χ4n) is 0.754. The van der Waals surface area contributed by atoms with E-state index in [0.29, 0.717) is 0 Å². The minimum atomic E-state index is -1.52. The smallest absolute Gasteiger partial charge is 0.244 e. The molecule has 2 nitrogen and oxygen atoms in total. The van der Waals surface area contributed by atoms with Crippen LogP contribution in [0.15, 0.2) is 17.3 Å². The molecule has 0 unspecified atom stereocenters. The van der Waals surface area contributed by atoms with Crippen LogP contribution in [0.4, 0.5) is 0 Å². The fraction of sp³-hybridized carbons (Fsp3) is 0.667. The SMILES string of the molecule is C=C/C(=N/[Si](C)(C)C)O[Si](C)(C)C. The van der Waals surface area contributed by atoms with Gasteiger partial charge in [-0.1, -0.05) is 6.58 Å². The van der Waals surface area contributed by atoms with Crippen molar-refractivity contribution >= 4 is 22.5 Å². The van der Waals surface area contributed by atoms with E-state index in [1.807, 2.05) is 0 Å². The molecule has 0 N–H and O–H groups in total. The highest BCUT2D eigenvalue weighted by Crippen LogP contribution is 2.08. The highest BCUT2D eigenvalue weighted by molar-refractivity contribution is 6.76. The zero-order valence-corrected chi connectivity index (χ0v) is 11.6. The normalized spacial score (nSPS) is 14.2. The largest absolute Gasteiger partial charge is 0.532 e. The van der Waals surface area contributed by atoms with E-state index in [1.54, 1.807) is 6.08 Å². The van der Waals surface area contributed by atoms with Crippen LogP contribution >= 0.6 is 0 Å². The molecule has 0 aliphatic rings. The predicted molar refractivity (Wildman–Crippen MR) is 65.4 cm³/mol. The lowest BCUT2D eigenvalue weighted by molar-refractivity contribution is 0.558. The Morgan fingerprint density at radius 1 is 1.15 bits per heavy atom. The lowest BCUT2D eigenvalue weighted by Gasteiger charge is -2.21. The second-order valence-electron chi connectivity index (χ2n) is 5.04. The maximum atomic E-state index is 5.77. The fourth-order valence-corrected chi connectivity index (χ4v) is 2.40. The molecular weight excluding hydrogens is 194 g/mol. The van der Waals surface area contributed by atoms with Crippen molar-refractivity contribution in [2.45, 2.75) is 39.3 Å². The molecule has 0 saturated heterocycles. The first-order valence-electron chi connectivity index (χ1n) is 4.55. The van der Waals surface area contributed by atoms with Crippen LogP contribution in [-0.4, -0.2) is 22.5 Å². The van der Waals surface area contributed by atoms with Gasteiger partial charge in [0, 0.05) is 0 Å². The lowest BCUT2D eigenvalue weighted by Crippen LogP contribution is -2.30. The predicted octanol–water partition coefficient (Wildman–Crippen LogP) is 3.26. The van der Waals surface area contributed by atoms with Crippen LogP contribution in [0.2, 0.25) is 39.3 Å². The summed E-state index contributed by atoms with van der Waals surface area (Å²) in [7, 11) is -2.95. The minimum absolute atomic E-state index is 0.735. The Morgan fingerprint density at radius 3 is 1.85 bits per heavy atom. The third kappa shape index (κ3) is 7.99. The summed E-state index contributed by atoms with van der Waals surface area (Å²) in [5.74, 6) is 0.735. The summed E-state index contributed by atoms with van der Waals surface area (Å²) < 4.78 is 10.3. The Bertz CT molecular complexity index is 211. The number of rotatable bonds is 3. The van der Waals surface area contributed by atoms with Gasteiger partial charge in [-0.3, -0.25) is 4.66 Å². The lowest BCUT2D eigenvalue weighted by atomic mass is 10.7. The molecule has 0 fully saturated rings. The first kappa shape index (κ1) is 12.6. The first-order valence-corrected chi connectivity index (χ1v) is 11.4. The summed E-state index contributed by atoms with van der Waals surface area (Å²) in [4.78, 5) is 0. The topological polar surface area (TPSA) is 21.6 Å². The summed E-state index contributed by atoms with van der Waals surface area (Å²) in [5, 5.41) is 0. The third-order valence-electron chi connectivity index (χ3n) is 1.03. The summed E-state index contributed by atoms with van der Waals surface area (Å²) in [6.45, 7) is 16.7. The van der Waals surface area contributed by atoms with Gasteiger partial charge in [-0.05, 0) is 45.4 Å². The van der Waals surface area contributed by atoms with Gasteiger partial charge in [0.1, 0.15) is 0 Å². The van der Waals surface area contributed by atoms with Crippen LogP contribution < -0.4 is 0 Å². The van der Waals surface area contributed by atoms with Crippen LogP contribution in [0.1, 0.15) is 0 Å². The summed E-state index contributed by atoms with van der Waals surface area (Å²) in [6.07, 6.45) is 1.72. The highest BCUT2D eigenvalue weighted by atomic mass is 28.4. The average Bonchev–Trinajstić information content (AvgIpc) is 1.79. The molecule has 0 radical (unpaired) electrons. The van der Waals surface area contributed by atoms with Crippen molar-refractivity contribution in [1.82, 2.24) is 0 Å². The maximum absolute atomic E-state index is 5.77. The van der Waals surface area contributed by atoms with Crippen LogP contribution in [0.5, 0.6) is 0 Å². The van der Waals surface area contributed by atoms with E-state index < -0.39 is 16.6 Å². The molecule has 0 bridgehead atoms. The van der Waals surface area contributed by atoms with Gasteiger partial charge < -0.3 is 4.43 Å². The van der Waals surface area contributed by atoms with Gasteiger partial charge >= 0.3 is 0 Å². The molecule has 76 valence electrons. The van der Waals surface area contributed by atoms with Crippen LogP contribution in [0.25, 0.3) is 0 Å². The Balaban J connectivity index is 4.54. The summed E-state index contributed by atoms with van der Waals surface area (Å²) in [5.41, 5.74) is 0. The van der Waals surface area contributed by atoms with Crippen molar-refractivity contribution < 1.29 is 4.43 Å². The minimum Gasteiger partial charge on any atom is -0.532 e. The second kappa shape index (κ2) is 4.24. The number of hydrogen-bond donors (Lipinski definition) is 0. The molecule has 0 aromatic carbocycles. The van der Waals surface area contributed by atoms with Gasteiger partial charge in [0.05, 0.1) is 0 Å². The van der Waals surface area contributed by atoms with E-state index in [1.165, 1.54) is 0 Å². The summed E-state index contributed by atoms with van der Waals surface area (Å²) >= 11 is 0. The molecular formula is C9H21NOSi2. The Hall–Kier alpha value is -0.356. The van der Waals surface area contributed by atoms with Gasteiger partial charge in [0.15, 0.2) is 14.1 Å². The van der Waals surface area contributed by atoms with Crippen molar-refractivity contribution in [3.8, 4) is 0 Å². The van der Waals surface area contributed by atoms with Gasteiger partial charge in [0.25, 0.3) is 0 Å². The molecule has 0 rings (SSSR count). The second-order valence-corrected chi connectivity index (χ2v) is 14.0. The van der Waals surface area contributed by atoms with Crippen molar-refractivity contribution in [3.63, 3.8) is 0 Å². The molecule has 4 heteroatoms. The number of hydrogen-bond acceptors (Lipinski definition) is 2. The Kier molecular flexibility index (Phi) is 4.12. The van der Waals surface area contributed by atoms with Gasteiger partial charge in [-0.15, -0.1) is 0 Å². The zero-order chi connectivity index (χ0) is 10.7. The molecule has 0 saturated carbocycles. The van der Waals surface area contributed by atoms with Gasteiger partial charge in [0.2, 0.25) is 8.32 Å². The zero-order valence-electron chi connectivity index (χ0n) is 9.64. The Labute approximate surface area is 83.9 Å². The molecule has 0 heterocycles. The standard InChI is InChI=1S/C9H21NOSi2/c1-8-9(10-12(2,3)4)11-13(5,6)7/h8H,1H2,2-7H3/b10-9-. The summed E-state index contributed by atoms with van der Waals surface area (Å²) in [6, 6.07) is 0. The van der Waals surface area contributed by atoms with Crippen LogP contribution in [0.3, 0.4) is 0 Å². The Morgan fingerprint density at radius 2 is 1.62 bits per heavy atom. The van der Waals surface area contributed by atoms with E-state index in [0.717, 1.165) is 5.90 Å². The molecule has 0 atom stereocenters. The van der Waals surface area contributed by atoms with Crippen molar-refractivity contribution in [3.05, 3.63) is 12.7 Å². The molecule has 0 aromatic heterocycles. The first-order chi connectivity index (χ1) is 5.64. The van der Waals surface area contributed by atoms with Gasteiger partial charge in [-0.2, -0.15) is 0 Å². The van der Waals surface area contributed by atoms with Crippen molar-refractivity contribution in [2.75, 3.05) is 0 Å². The van der Waals surface area contributed by atoms with Crippen LogP contribution in [-0.2, 0) is 4.43 Å². The molecule has 13 heavy (non-hydrogen) atoms. The van der Waals surface area contributed by atoms with Gasteiger partial charge in [-0.25, -0.2) is 0 Å². The molecule has 0 amide bonds. The highest BCUT2D eigenvalue weighted by Gasteiger charge is 2.19. The molecule has 0 aliphatic heterocycles. The third-order valence-corrected chi connectivity index (χ3v) is 2.74. The molecule has 0 spiro atoms. The molecule has 0 aliphatic carbocycles. The molecule has 0 aromatic rings. The number of nitrogens with zero attached hydrogens (tertiary/aromatic N) is 1. The van der Waals surface area contributed by atoms with Crippen molar-refractivity contribution in [1.29, 1.82) is 0 Å². The average molecular weight is 215 g/mol. The van der Waals surface area contributed by atoms with E-state index in [2.05, 4.69) is 50.5 Å². The van der Waals surface area contributed by atoms with Crippen LogP contribution in [0, 0.1) is 0 Å². The van der Waals surface area contributed by atoms with Crippen molar-refractivity contribution in [2.24, 2.45) is 4.66 Å². The monoisotopic (exact) mass is 215 g/mol. The van der Waals surface area contributed by atoms with E-state index in [-0.39, 0.29) is 0 Å². The van der Waals surface area contributed by atoms with E-state index >= 15 is 0 Å². The maximum Gasteiger partial charge on any atom is 0.244 e. The quantitative estimate of drug-likeness (QED) is 0.402. The van der Waals surface area contributed by atoms with E-state index in [9.17, 15) is 0 Å².